The first kappa shape index (κ1) is 16.8. The Morgan fingerprint density at radius 2 is 2.09 bits per heavy atom. The summed E-state index contributed by atoms with van der Waals surface area (Å²) in [5.74, 6) is 0.195. The van der Waals surface area contributed by atoms with E-state index in [-0.39, 0.29) is 24.2 Å². The van der Waals surface area contributed by atoms with Crippen LogP contribution in [0.5, 0.6) is 5.75 Å². The second-order valence-electron chi connectivity index (χ2n) is 5.32. The Kier molecular flexibility index (Phi) is 5.96. The number of carbonyl (C=O) groups is 3. The highest BCUT2D eigenvalue weighted by Gasteiger charge is 2.34. The molecule has 1 aromatic carbocycles. The molecule has 0 aromatic heterocycles. The molecular formula is C16H21N3O4. The zero-order valence-electron chi connectivity index (χ0n) is 13.1. The molecule has 1 fully saturated rings. The first-order chi connectivity index (χ1) is 11.2. The summed E-state index contributed by atoms with van der Waals surface area (Å²) in [5, 5.41) is 5.33. The Balaban J connectivity index is 1.86. The summed E-state index contributed by atoms with van der Waals surface area (Å²) in [6, 6.07) is 7.19. The fourth-order valence-corrected chi connectivity index (χ4v) is 2.50. The maximum atomic E-state index is 12.1. The third-order valence-corrected chi connectivity index (χ3v) is 3.76. The molecule has 7 nitrogen and oxygen atoms in total. The van der Waals surface area contributed by atoms with Gasteiger partial charge in [-0.2, -0.15) is 0 Å². The minimum atomic E-state index is -0.344. The van der Waals surface area contributed by atoms with Gasteiger partial charge in [0.25, 0.3) is 0 Å². The Hall–Kier alpha value is -2.57. The van der Waals surface area contributed by atoms with Crippen molar-refractivity contribution in [3.8, 4) is 5.75 Å². The van der Waals surface area contributed by atoms with Gasteiger partial charge in [-0.3, -0.25) is 14.4 Å². The molecule has 1 unspecified atom stereocenters. The normalized spacial score (nSPS) is 17.0. The molecule has 1 aliphatic rings. The topological polar surface area (TPSA) is 87.7 Å². The molecule has 1 aromatic rings. The van der Waals surface area contributed by atoms with Crippen LogP contribution < -0.4 is 20.3 Å². The molecule has 0 radical (unpaired) electrons. The van der Waals surface area contributed by atoms with Crippen molar-refractivity contribution < 1.29 is 19.1 Å². The maximum absolute atomic E-state index is 12.1. The average Bonchev–Trinajstić information content (AvgIpc) is 2.96. The van der Waals surface area contributed by atoms with E-state index in [9.17, 15) is 14.4 Å². The van der Waals surface area contributed by atoms with Crippen LogP contribution in [0.15, 0.2) is 24.3 Å². The van der Waals surface area contributed by atoms with E-state index in [4.69, 9.17) is 4.74 Å². The van der Waals surface area contributed by atoms with E-state index in [0.29, 0.717) is 32.5 Å². The minimum absolute atomic E-state index is 0.0575. The number of nitrogens with one attached hydrogen (secondary N) is 2. The van der Waals surface area contributed by atoms with E-state index in [0.717, 1.165) is 11.4 Å². The lowest BCUT2D eigenvalue weighted by atomic mass is 10.1. The van der Waals surface area contributed by atoms with Gasteiger partial charge in [-0.05, 0) is 30.7 Å². The summed E-state index contributed by atoms with van der Waals surface area (Å²) in [6.45, 7) is 1.38. The van der Waals surface area contributed by atoms with Crippen molar-refractivity contribution >= 4 is 23.9 Å². The predicted octanol–water partition coefficient (Wildman–Crippen LogP) is 0.300. The lowest BCUT2D eigenvalue weighted by Gasteiger charge is -2.17. The summed E-state index contributed by atoms with van der Waals surface area (Å²) in [4.78, 5) is 36.0. The summed E-state index contributed by atoms with van der Waals surface area (Å²) < 4.78 is 5.10. The van der Waals surface area contributed by atoms with Crippen LogP contribution in [0.1, 0.15) is 12.8 Å². The largest absolute Gasteiger partial charge is 0.497 e. The van der Waals surface area contributed by atoms with Crippen molar-refractivity contribution in [3.63, 3.8) is 0 Å². The Morgan fingerprint density at radius 1 is 1.35 bits per heavy atom. The molecule has 0 bridgehead atoms. The number of carbonyl (C=O) groups excluding carboxylic acids is 3. The van der Waals surface area contributed by atoms with E-state index in [2.05, 4.69) is 10.6 Å². The molecule has 1 aliphatic heterocycles. The SMILES string of the molecule is COc1ccc(N2CC(C(=O)NCCCNC=O)CC2=O)cc1. The fraction of sp³-hybridized carbons (Fsp3) is 0.438. The van der Waals surface area contributed by atoms with E-state index < -0.39 is 0 Å². The zero-order valence-corrected chi connectivity index (χ0v) is 13.1. The van der Waals surface area contributed by atoms with Gasteiger partial charge in [0.2, 0.25) is 18.2 Å². The van der Waals surface area contributed by atoms with E-state index >= 15 is 0 Å². The number of amides is 3. The number of hydrogen-bond acceptors (Lipinski definition) is 4. The first-order valence-electron chi connectivity index (χ1n) is 7.55. The first-order valence-corrected chi connectivity index (χ1v) is 7.55. The fourth-order valence-electron chi connectivity index (χ4n) is 2.50. The third kappa shape index (κ3) is 4.45. The van der Waals surface area contributed by atoms with Crippen LogP contribution in [0.25, 0.3) is 0 Å². The van der Waals surface area contributed by atoms with Gasteiger partial charge >= 0.3 is 0 Å². The molecule has 23 heavy (non-hydrogen) atoms. The second kappa shape index (κ2) is 8.17. The van der Waals surface area contributed by atoms with Gasteiger partial charge in [0.1, 0.15) is 5.75 Å². The van der Waals surface area contributed by atoms with Gasteiger partial charge in [0, 0.05) is 31.7 Å². The van der Waals surface area contributed by atoms with E-state index in [1.54, 1.807) is 24.1 Å². The smallest absolute Gasteiger partial charge is 0.227 e. The molecule has 1 heterocycles. The minimum Gasteiger partial charge on any atom is -0.497 e. The summed E-state index contributed by atoms with van der Waals surface area (Å²) in [5.41, 5.74) is 0.765. The van der Waals surface area contributed by atoms with Gasteiger partial charge in [0.05, 0.1) is 13.0 Å². The van der Waals surface area contributed by atoms with Gasteiger partial charge in [-0.1, -0.05) is 0 Å². The van der Waals surface area contributed by atoms with Crippen LogP contribution in [0.3, 0.4) is 0 Å². The van der Waals surface area contributed by atoms with E-state index in [1.807, 2.05) is 12.1 Å². The number of hydrogen-bond donors (Lipinski definition) is 2. The van der Waals surface area contributed by atoms with E-state index in [1.165, 1.54) is 0 Å². The highest BCUT2D eigenvalue weighted by molar-refractivity contribution is 6.00. The van der Waals surface area contributed by atoms with Crippen LogP contribution in [0.4, 0.5) is 5.69 Å². The number of nitrogens with zero attached hydrogens (tertiary/aromatic N) is 1. The number of methoxy groups -OCH3 is 1. The van der Waals surface area contributed by atoms with Gasteiger partial charge in [-0.15, -0.1) is 0 Å². The van der Waals surface area contributed by atoms with Crippen molar-refractivity contribution in [1.29, 1.82) is 0 Å². The molecule has 0 spiro atoms. The summed E-state index contributed by atoms with van der Waals surface area (Å²) in [6.07, 6.45) is 1.50. The highest BCUT2D eigenvalue weighted by Crippen LogP contribution is 2.26. The number of rotatable bonds is 8. The molecule has 124 valence electrons. The van der Waals surface area contributed by atoms with Gasteiger partial charge < -0.3 is 20.3 Å². The monoisotopic (exact) mass is 319 g/mol. The molecule has 3 amide bonds. The second-order valence-corrected chi connectivity index (χ2v) is 5.32. The predicted molar refractivity (Wildman–Crippen MR) is 85.1 cm³/mol. The van der Waals surface area contributed by atoms with Crippen molar-refractivity contribution in [3.05, 3.63) is 24.3 Å². The average molecular weight is 319 g/mol. The van der Waals surface area contributed by atoms with Crippen LogP contribution in [0, 0.1) is 5.92 Å². The van der Waals surface area contributed by atoms with Crippen LogP contribution in [0.2, 0.25) is 0 Å². The Bertz CT molecular complexity index is 559. The Morgan fingerprint density at radius 3 is 2.74 bits per heavy atom. The highest BCUT2D eigenvalue weighted by atomic mass is 16.5. The van der Waals surface area contributed by atoms with Gasteiger partial charge in [0.15, 0.2) is 0 Å². The van der Waals surface area contributed by atoms with Gasteiger partial charge in [-0.25, -0.2) is 0 Å². The van der Waals surface area contributed by atoms with Crippen molar-refractivity contribution in [2.45, 2.75) is 12.8 Å². The number of ether oxygens (including phenoxy) is 1. The molecule has 0 aliphatic carbocycles. The lowest BCUT2D eigenvalue weighted by molar-refractivity contribution is -0.126. The lowest BCUT2D eigenvalue weighted by Crippen LogP contribution is -2.34. The Labute approximate surface area is 135 Å². The quantitative estimate of drug-likeness (QED) is 0.533. The van der Waals surface area contributed by atoms with Crippen molar-refractivity contribution in [2.24, 2.45) is 5.92 Å². The van der Waals surface area contributed by atoms with Crippen molar-refractivity contribution in [1.82, 2.24) is 10.6 Å². The number of benzene rings is 1. The van der Waals surface area contributed by atoms with Crippen molar-refractivity contribution in [2.75, 3.05) is 31.6 Å². The molecule has 2 N–H and O–H groups in total. The molecule has 1 saturated heterocycles. The molecule has 0 saturated carbocycles. The maximum Gasteiger partial charge on any atom is 0.227 e. The van der Waals surface area contributed by atoms with Crippen LogP contribution >= 0.6 is 0 Å². The summed E-state index contributed by atoms with van der Waals surface area (Å²) >= 11 is 0. The standard InChI is InChI=1S/C16H21N3O4/c1-23-14-5-3-13(4-6-14)19-10-12(9-15(19)21)16(22)18-8-2-7-17-11-20/h3-6,11-12H,2,7-10H2,1H3,(H,17,20)(H,18,22). The molecule has 1 atom stereocenters. The van der Waals surface area contributed by atoms with Crippen LogP contribution in [-0.4, -0.2) is 45.0 Å². The molecule has 2 rings (SSSR count). The summed E-state index contributed by atoms with van der Waals surface area (Å²) in [7, 11) is 1.58. The zero-order chi connectivity index (χ0) is 16.7. The third-order valence-electron chi connectivity index (χ3n) is 3.76. The van der Waals surface area contributed by atoms with Crippen LogP contribution in [-0.2, 0) is 14.4 Å². The molecular weight excluding hydrogens is 298 g/mol. The molecule has 7 heteroatoms. The number of anilines is 1.